The molecule has 4 radical (unpaired) electrons. The number of carboxylic acids is 1. The van der Waals surface area contributed by atoms with E-state index in [9.17, 15) is 32.9 Å². The minimum atomic E-state index is -2.41. The zero-order valence-electron chi connectivity index (χ0n) is 34.2. The smallest absolute Gasteiger partial charge is 0.345 e. The number of nitrogens with one attached hydrogen (secondary N) is 2. The van der Waals surface area contributed by atoms with Gasteiger partial charge in [0.15, 0.2) is 37.2 Å². The summed E-state index contributed by atoms with van der Waals surface area (Å²) in [4.78, 5) is 45.1. The second-order valence-corrected chi connectivity index (χ2v) is 15.9. The molecule has 0 saturated carbocycles. The molecule has 0 bridgehead atoms. The van der Waals surface area contributed by atoms with E-state index in [-0.39, 0.29) is 143 Å². The summed E-state index contributed by atoms with van der Waals surface area (Å²) in [7, 11) is 2.29. The van der Waals surface area contributed by atoms with Crippen LogP contribution in [0.1, 0.15) is 26.2 Å². The molecule has 15 unspecified atom stereocenters. The van der Waals surface area contributed by atoms with Crippen LogP contribution in [0.3, 0.4) is 0 Å². The van der Waals surface area contributed by atoms with Gasteiger partial charge in [-0.05, 0) is 32.6 Å². The van der Waals surface area contributed by atoms with Gasteiger partial charge in [0.25, 0.3) is 0 Å². The summed E-state index contributed by atoms with van der Waals surface area (Å²) in [5.74, 6) is -3.33. The molecule has 3 aliphatic heterocycles. The number of aliphatic carboxylic acids is 1. The minimum Gasteiger partial charge on any atom is -0.479 e. The fraction of sp³-hybridized carbons (Fsp3) is 0.862. The Kier molecular flexibility index (Phi) is 41.7. The molecule has 15 atom stereocenters. The quantitative estimate of drug-likeness (QED) is 0.0974. The van der Waals surface area contributed by atoms with E-state index in [2.05, 4.69) is 14.9 Å². The second kappa shape index (κ2) is 35.9. The molecule has 328 valence electrons. The van der Waals surface area contributed by atoms with E-state index in [1.165, 1.54) is 49.3 Å². The summed E-state index contributed by atoms with van der Waals surface area (Å²) >= 11 is 0. The topological polar surface area (TPSA) is 291 Å². The normalized spacial score (nSPS) is 31.6. The van der Waals surface area contributed by atoms with Gasteiger partial charge < -0.3 is 71.9 Å². The van der Waals surface area contributed by atoms with Crippen molar-refractivity contribution in [2.24, 2.45) is 5.73 Å². The van der Waals surface area contributed by atoms with E-state index in [0.29, 0.717) is 19.3 Å². The number of ether oxygens (including phenoxy) is 10. The Labute approximate surface area is 441 Å². The van der Waals surface area contributed by atoms with E-state index < -0.39 is 109 Å². The molecule has 0 aromatic carbocycles. The molecule has 3 fully saturated rings. The first-order chi connectivity index (χ1) is 25.4. The number of hydrogen-bond donors (Lipinski definition) is 4. The van der Waals surface area contributed by atoms with Crippen LogP contribution in [0, 0.1) is 0 Å². The van der Waals surface area contributed by atoms with E-state index >= 15 is 0 Å². The SMILES string of the molecule is COC1CC(N)C(OC)OC1C(=O)OC(C)=O.COC1CC(N[PH](C)=O)C(OC)OC1C(=O)O.COC1CC(N[PH](C)=O)C(OC)OC1C(=O)O[PH](C)=O.[Y].[Y].[Y].[Y]. The largest absolute Gasteiger partial charge is 0.479 e. The van der Waals surface area contributed by atoms with Crippen LogP contribution in [-0.2, 0) is 216 Å². The molecule has 0 aliphatic carbocycles. The molecule has 5 N–H and O–H groups in total. The fourth-order valence-electron chi connectivity index (χ4n) is 5.60. The van der Waals surface area contributed by atoms with Crippen LogP contribution in [0.5, 0.6) is 0 Å². The number of methoxy groups -OCH3 is 6. The van der Waals surface area contributed by atoms with Gasteiger partial charge in [-0.25, -0.2) is 14.4 Å². The van der Waals surface area contributed by atoms with Crippen molar-refractivity contribution in [2.45, 2.75) is 99.8 Å². The van der Waals surface area contributed by atoms with Crippen molar-refractivity contribution in [1.29, 1.82) is 0 Å². The molecule has 22 nitrogen and oxygen atoms in total. The van der Waals surface area contributed by atoms with Gasteiger partial charge in [0.1, 0.15) is 15.9 Å². The molecule has 29 heteroatoms. The number of nitrogens with two attached hydrogens (primary N) is 1. The summed E-state index contributed by atoms with van der Waals surface area (Å²) in [6, 6.07) is -1.09. The Balaban J connectivity index is -0.000000366. The third-order valence-electron chi connectivity index (χ3n) is 7.92. The van der Waals surface area contributed by atoms with Crippen molar-refractivity contribution in [3.05, 3.63) is 0 Å². The van der Waals surface area contributed by atoms with E-state index in [0.717, 1.165) is 6.92 Å². The molecule has 0 aromatic rings. The number of carbonyl (C=O) groups is 4. The van der Waals surface area contributed by atoms with Crippen molar-refractivity contribution in [3.8, 4) is 0 Å². The zero-order chi connectivity index (χ0) is 41.3. The second-order valence-electron chi connectivity index (χ2n) is 12.0. The van der Waals surface area contributed by atoms with Crippen LogP contribution >= 0.6 is 23.9 Å². The molecule has 3 rings (SSSR count). The van der Waals surface area contributed by atoms with Gasteiger partial charge in [-0.2, -0.15) is 0 Å². The summed E-state index contributed by atoms with van der Waals surface area (Å²) in [6.07, 6.45) is -5.91. The van der Waals surface area contributed by atoms with E-state index in [1.807, 2.05) is 0 Å². The molecule has 3 heterocycles. The molecule has 58 heavy (non-hydrogen) atoms. The van der Waals surface area contributed by atoms with Crippen molar-refractivity contribution >= 4 is 47.8 Å². The number of esters is 2. The van der Waals surface area contributed by atoms with Crippen LogP contribution in [0.15, 0.2) is 0 Å². The van der Waals surface area contributed by atoms with Gasteiger partial charge in [0, 0.05) is 187 Å². The molecule has 0 amide bonds. The van der Waals surface area contributed by atoms with Gasteiger partial charge >= 0.3 is 23.9 Å². The molecule has 0 spiro atoms. The van der Waals surface area contributed by atoms with Crippen LogP contribution in [0.2, 0.25) is 0 Å². The maximum Gasteiger partial charge on any atom is 0.345 e. The summed E-state index contributed by atoms with van der Waals surface area (Å²) < 4.78 is 89.3. The van der Waals surface area contributed by atoms with Gasteiger partial charge in [0.05, 0.1) is 36.4 Å². The Bertz CT molecular complexity index is 1300. The van der Waals surface area contributed by atoms with E-state index in [1.54, 1.807) is 13.3 Å². The molecular formula is C29H56N3O19P3Y4. The van der Waals surface area contributed by atoms with Crippen molar-refractivity contribution in [2.75, 3.05) is 62.7 Å². The monoisotopic (exact) mass is 1200 g/mol. The number of carbonyl (C=O) groups excluding carboxylic acids is 3. The number of rotatable bonds is 14. The zero-order valence-corrected chi connectivity index (χ0v) is 48.6. The number of hydrogen-bond acceptors (Lipinski definition) is 19. The van der Waals surface area contributed by atoms with Crippen molar-refractivity contribution in [3.63, 3.8) is 0 Å². The third kappa shape index (κ3) is 23.8. The predicted molar refractivity (Wildman–Crippen MR) is 190 cm³/mol. The van der Waals surface area contributed by atoms with Crippen LogP contribution < -0.4 is 15.9 Å². The van der Waals surface area contributed by atoms with Crippen LogP contribution in [0.25, 0.3) is 0 Å². The van der Waals surface area contributed by atoms with E-state index in [4.69, 9.17) is 58.0 Å². The first-order valence-electron chi connectivity index (χ1n) is 16.5. The summed E-state index contributed by atoms with van der Waals surface area (Å²) in [5, 5.41) is 14.7. The average molecular weight is 1200 g/mol. The molecule has 3 aliphatic rings. The van der Waals surface area contributed by atoms with Gasteiger partial charge in [0.2, 0.25) is 8.03 Å². The summed E-state index contributed by atoms with van der Waals surface area (Å²) in [6.45, 7) is 5.57. The van der Waals surface area contributed by atoms with Crippen molar-refractivity contribution in [1.82, 2.24) is 10.2 Å². The standard InChI is InChI=1S/C10H21NO7P2.C10H17NO6.C9H18NO6P.4Y/c1-15-7-5-6(11-19(3)13)10(16-2)17-8(7)9(12)18-20(4)14;1-5(12)16-9(13)8-7(14-2)4-6(11)10(15-3)17-8;1-14-6-4-5(10-17(3)13)9(15-2)16-7(6)8(11)12;;;;/h6-8,10,19-20H,5H2,1-4H3,(H,11,13);6-8,10H,4,11H2,1-3H3;5-7,9,17H,4H2,1-3H3,(H,10,13)(H,11,12);;;;. The molecule has 0 aromatic heterocycles. The Morgan fingerprint density at radius 3 is 1.31 bits per heavy atom. The maximum absolute atomic E-state index is 11.8. The molecular weight excluding hydrogens is 1140 g/mol. The minimum absolute atomic E-state index is 0. The Morgan fingerprint density at radius 2 is 0.966 bits per heavy atom. The number of carboxylic acid groups (broad SMARTS) is 1. The summed E-state index contributed by atoms with van der Waals surface area (Å²) in [5.41, 5.74) is 5.77. The third-order valence-corrected chi connectivity index (χ3v) is 9.96. The van der Waals surface area contributed by atoms with Crippen LogP contribution in [0.4, 0.5) is 0 Å². The average Bonchev–Trinajstić information content (AvgIpc) is 3.10. The first-order valence-corrected chi connectivity index (χ1v) is 22.1. The predicted octanol–water partition coefficient (Wildman–Crippen LogP) is -0.447. The Hall–Kier alpha value is 2.71. The van der Waals surface area contributed by atoms with Gasteiger partial charge in [-0.15, -0.1) is 0 Å². The first kappa shape index (κ1) is 67.3. The van der Waals surface area contributed by atoms with Gasteiger partial charge in [-0.1, -0.05) is 0 Å². The maximum atomic E-state index is 11.8. The van der Waals surface area contributed by atoms with Gasteiger partial charge in [-0.3, -0.25) is 19.5 Å². The van der Waals surface area contributed by atoms with Crippen molar-refractivity contribution < 1.29 is 221 Å². The fourth-order valence-corrected chi connectivity index (χ4v) is 7.55. The molecule has 3 saturated heterocycles. The Morgan fingerprint density at radius 1 is 0.603 bits per heavy atom. The van der Waals surface area contributed by atoms with Crippen LogP contribution in [-0.4, -0.2) is 165 Å².